The number of halogens is 1. The lowest BCUT2D eigenvalue weighted by Crippen LogP contribution is -2.46. The van der Waals surface area contributed by atoms with E-state index in [0.717, 1.165) is 35.4 Å². The average Bonchev–Trinajstić information content (AvgIpc) is 3.26. The van der Waals surface area contributed by atoms with Gasteiger partial charge in [0, 0.05) is 36.5 Å². The van der Waals surface area contributed by atoms with Gasteiger partial charge < -0.3 is 19.5 Å². The number of rotatable bonds is 7. The Kier molecular flexibility index (Phi) is 6.65. The van der Waals surface area contributed by atoms with E-state index in [2.05, 4.69) is 27.5 Å². The summed E-state index contributed by atoms with van der Waals surface area (Å²) in [6, 6.07) is 17.3. The van der Waals surface area contributed by atoms with Gasteiger partial charge >= 0.3 is 0 Å². The van der Waals surface area contributed by atoms with Crippen molar-refractivity contribution in [2.24, 2.45) is 0 Å². The molecule has 1 unspecified atom stereocenters. The molecule has 4 rings (SSSR count). The average molecular weight is 455 g/mol. The monoisotopic (exact) mass is 454 g/mol. The maximum Gasteiger partial charge on any atom is 0.258 e. The molecule has 8 heteroatoms. The van der Waals surface area contributed by atoms with E-state index < -0.39 is 0 Å². The highest BCUT2D eigenvalue weighted by atomic mass is 35.5. The highest BCUT2D eigenvalue weighted by molar-refractivity contribution is 7.80. The number of thiocarbonyl (C=S) groups is 1. The van der Waals surface area contributed by atoms with Crippen LogP contribution in [0.25, 0.3) is 17.0 Å². The zero-order valence-electron chi connectivity index (χ0n) is 17.3. The molecule has 1 N–H and O–H groups in total. The summed E-state index contributed by atoms with van der Waals surface area (Å²) in [5.74, 6) is 0.973. The second-order valence-corrected chi connectivity index (χ2v) is 8.04. The van der Waals surface area contributed by atoms with Crippen LogP contribution in [0.1, 0.15) is 30.8 Å². The molecule has 2 heterocycles. The predicted octanol–water partition coefficient (Wildman–Crippen LogP) is 5.09. The maximum absolute atomic E-state index is 6.01. The number of allylic oxidation sites excluding steroid dienone is 1. The normalized spacial score (nSPS) is 16.5. The van der Waals surface area contributed by atoms with Crippen molar-refractivity contribution >= 4 is 34.5 Å². The summed E-state index contributed by atoms with van der Waals surface area (Å²) in [5.41, 5.74) is 3.80. The van der Waals surface area contributed by atoms with E-state index in [1.54, 1.807) is 7.11 Å². The van der Waals surface area contributed by atoms with Crippen LogP contribution >= 0.6 is 23.8 Å². The molecule has 1 atom stereocenters. The van der Waals surface area contributed by atoms with Gasteiger partial charge in [0.25, 0.3) is 5.89 Å². The summed E-state index contributed by atoms with van der Waals surface area (Å²) in [7, 11) is 1.70. The van der Waals surface area contributed by atoms with Gasteiger partial charge in [-0.25, -0.2) is 0 Å². The third kappa shape index (κ3) is 4.63. The largest absolute Gasteiger partial charge is 0.385 e. The van der Waals surface area contributed by atoms with Crippen LogP contribution in [0.4, 0.5) is 0 Å². The van der Waals surface area contributed by atoms with Gasteiger partial charge in [-0.05, 0) is 55.4 Å². The topological polar surface area (TPSA) is 63.4 Å². The van der Waals surface area contributed by atoms with Crippen molar-refractivity contribution in [3.8, 4) is 11.4 Å². The van der Waals surface area contributed by atoms with Crippen molar-refractivity contribution in [2.45, 2.75) is 19.4 Å². The fourth-order valence-electron chi connectivity index (χ4n) is 3.64. The van der Waals surface area contributed by atoms with E-state index in [0.29, 0.717) is 28.5 Å². The third-order valence-corrected chi connectivity index (χ3v) is 5.81. The first kappa shape index (κ1) is 21.5. The first-order chi connectivity index (χ1) is 15.1. The quantitative estimate of drug-likeness (QED) is 0.394. The molecule has 1 aromatic heterocycles. The van der Waals surface area contributed by atoms with E-state index in [4.69, 9.17) is 38.1 Å². The molecule has 0 fully saturated rings. The molecular formula is C23H23ClN4O2S. The van der Waals surface area contributed by atoms with Crippen LogP contribution in [0.2, 0.25) is 5.02 Å². The van der Waals surface area contributed by atoms with Gasteiger partial charge in [-0.1, -0.05) is 47.1 Å². The summed E-state index contributed by atoms with van der Waals surface area (Å²) in [5, 5.41) is 9.00. The summed E-state index contributed by atoms with van der Waals surface area (Å²) in [6.07, 6.45) is 0.846. The highest BCUT2D eigenvalue weighted by Gasteiger charge is 2.33. The van der Waals surface area contributed by atoms with E-state index in [1.165, 1.54) is 0 Å². The van der Waals surface area contributed by atoms with Crippen LogP contribution in [-0.2, 0) is 4.74 Å². The SMILES string of the molecule is COCCCN1C(=S)NC(c2ccccc2)C(c2nc(-c3ccc(Cl)cc3)no2)=C1C. The Morgan fingerprint density at radius 1 is 1.16 bits per heavy atom. The molecule has 0 aliphatic carbocycles. The Morgan fingerprint density at radius 3 is 2.61 bits per heavy atom. The van der Waals surface area contributed by atoms with Crippen LogP contribution in [0, 0.1) is 0 Å². The molecule has 3 aromatic rings. The molecule has 0 bridgehead atoms. The number of methoxy groups -OCH3 is 1. The lowest BCUT2D eigenvalue weighted by atomic mass is 9.95. The summed E-state index contributed by atoms with van der Waals surface area (Å²) in [6.45, 7) is 3.43. The standard InChI is InChI=1S/C23H23ClN4O2S/c1-15-19(22-26-21(27-30-22)17-9-11-18(24)12-10-17)20(16-7-4-3-5-8-16)25-23(31)28(15)13-6-14-29-2/h3-5,7-12,20H,6,13-14H2,1-2H3,(H,25,31). The van der Waals surface area contributed by atoms with Gasteiger partial charge in [-0.2, -0.15) is 4.98 Å². The summed E-state index contributed by atoms with van der Waals surface area (Å²) in [4.78, 5) is 6.77. The molecule has 2 aromatic carbocycles. The zero-order valence-corrected chi connectivity index (χ0v) is 18.9. The fraction of sp³-hybridized carbons (Fsp3) is 0.261. The molecule has 160 valence electrons. The summed E-state index contributed by atoms with van der Waals surface area (Å²) >= 11 is 11.7. The van der Waals surface area contributed by atoms with Gasteiger partial charge in [-0.15, -0.1) is 0 Å². The molecular weight excluding hydrogens is 432 g/mol. The fourth-order valence-corrected chi connectivity index (χ4v) is 4.11. The van der Waals surface area contributed by atoms with Crippen molar-refractivity contribution in [3.05, 3.63) is 76.8 Å². The minimum Gasteiger partial charge on any atom is -0.385 e. The molecule has 0 saturated heterocycles. The lowest BCUT2D eigenvalue weighted by Gasteiger charge is -2.37. The molecule has 0 amide bonds. The molecule has 1 aliphatic rings. The number of nitrogens with one attached hydrogen (secondary N) is 1. The van der Waals surface area contributed by atoms with E-state index in [9.17, 15) is 0 Å². The van der Waals surface area contributed by atoms with Crippen molar-refractivity contribution in [3.63, 3.8) is 0 Å². The molecule has 6 nitrogen and oxygen atoms in total. The van der Waals surface area contributed by atoms with Gasteiger partial charge in [0.05, 0.1) is 11.6 Å². The van der Waals surface area contributed by atoms with E-state index >= 15 is 0 Å². The van der Waals surface area contributed by atoms with Gasteiger partial charge in [0.1, 0.15) is 0 Å². The van der Waals surface area contributed by atoms with Crippen LogP contribution in [-0.4, -0.2) is 40.4 Å². The number of hydrogen-bond acceptors (Lipinski definition) is 5. The molecule has 31 heavy (non-hydrogen) atoms. The van der Waals surface area contributed by atoms with Crippen molar-refractivity contribution < 1.29 is 9.26 Å². The third-order valence-electron chi connectivity index (χ3n) is 5.22. The maximum atomic E-state index is 6.01. The number of hydrogen-bond donors (Lipinski definition) is 1. The molecule has 1 aliphatic heterocycles. The van der Waals surface area contributed by atoms with Crippen molar-refractivity contribution in [2.75, 3.05) is 20.3 Å². The Hall–Kier alpha value is -2.74. The Bertz CT molecular complexity index is 1080. The number of benzene rings is 2. The molecule has 0 spiro atoms. The van der Waals surface area contributed by atoms with Gasteiger partial charge in [-0.3, -0.25) is 0 Å². The van der Waals surface area contributed by atoms with Crippen LogP contribution in [0.3, 0.4) is 0 Å². The van der Waals surface area contributed by atoms with Crippen LogP contribution in [0.5, 0.6) is 0 Å². The summed E-state index contributed by atoms with van der Waals surface area (Å²) < 4.78 is 10.9. The minimum atomic E-state index is -0.189. The second-order valence-electron chi connectivity index (χ2n) is 7.22. The number of ether oxygens (including phenoxy) is 1. The Labute approximate surface area is 191 Å². The second kappa shape index (κ2) is 9.60. The Morgan fingerprint density at radius 2 is 1.90 bits per heavy atom. The number of nitrogens with zero attached hydrogens (tertiary/aromatic N) is 3. The first-order valence-electron chi connectivity index (χ1n) is 10.0. The lowest BCUT2D eigenvalue weighted by molar-refractivity contribution is 0.188. The minimum absolute atomic E-state index is 0.189. The van der Waals surface area contributed by atoms with Crippen LogP contribution in [0.15, 0.2) is 64.8 Å². The van der Waals surface area contributed by atoms with E-state index in [-0.39, 0.29) is 6.04 Å². The van der Waals surface area contributed by atoms with E-state index in [1.807, 2.05) is 49.4 Å². The molecule has 0 saturated carbocycles. The van der Waals surface area contributed by atoms with Crippen LogP contribution < -0.4 is 5.32 Å². The van der Waals surface area contributed by atoms with Gasteiger partial charge in [0.15, 0.2) is 5.11 Å². The highest BCUT2D eigenvalue weighted by Crippen LogP contribution is 2.37. The smallest absolute Gasteiger partial charge is 0.258 e. The predicted molar refractivity (Wildman–Crippen MR) is 125 cm³/mol. The van der Waals surface area contributed by atoms with Gasteiger partial charge in [0.2, 0.25) is 5.82 Å². The van der Waals surface area contributed by atoms with Crippen molar-refractivity contribution in [1.82, 2.24) is 20.4 Å². The zero-order chi connectivity index (χ0) is 21.8. The number of aromatic nitrogens is 2. The first-order valence-corrected chi connectivity index (χ1v) is 10.8. The Balaban J connectivity index is 1.75. The van der Waals surface area contributed by atoms with Crippen molar-refractivity contribution in [1.29, 1.82) is 0 Å². The molecule has 0 radical (unpaired) electrons.